The standard InChI is InChI=1S/C34H20Cl4N6O8/c35-19-3-1-4-20(36)27(19)39-31(45)23-25(15-7-11-17(12-8-15)43(49)50)42-30-24(32(46)40(34(30)48)28-21(37)5-2-6-22(28)38)26(41(42)29(23)33(39)47)16-9-13-18(14-10-16)44(51)52/h1-14,23-26,29-30H. The third-order valence-electron chi connectivity index (χ3n) is 9.94. The van der Waals surface area contributed by atoms with Crippen LogP contribution in [0.4, 0.5) is 22.7 Å². The van der Waals surface area contributed by atoms with Crippen LogP contribution in [0.2, 0.25) is 20.1 Å². The van der Waals surface area contributed by atoms with E-state index < -0.39 is 69.5 Å². The normalized spacial score (nSPS) is 25.5. The van der Waals surface area contributed by atoms with Crippen molar-refractivity contribution in [3.63, 3.8) is 0 Å². The molecule has 0 aliphatic carbocycles. The van der Waals surface area contributed by atoms with E-state index >= 15 is 0 Å². The summed E-state index contributed by atoms with van der Waals surface area (Å²) in [5, 5.41) is 26.3. The number of nitro benzene ring substituents is 2. The first kappa shape index (κ1) is 34.1. The zero-order valence-corrected chi connectivity index (χ0v) is 29.0. The summed E-state index contributed by atoms with van der Waals surface area (Å²) in [5.41, 5.74) is 0.0542. The number of rotatable bonds is 6. The number of halogens is 4. The van der Waals surface area contributed by atoms with E-state index in [-0.39, 0.29) is 42.8 Å². The van der Waals surface area contributed by atoms with Crippen molar-refractivity contribution >= 4 is 92.8 Å². The minimum Gasteiger partial charge on any atom is -0.274 e. The van der Waals surface area contributed by atoms with Crippen LogP contribution >= 0.6 is 46.4 Å². The second-order valence-electron chi connectivity index (χ2n) is 12.5. The van der Waals surface area contributed by atoms with Crippen molar-refractivity contribution in [3.05, 3.63) is 136 Å². The number of non-ortho nitro benzene ring substituents is 2. The molecule has 4 saturated heterocycles. The SMILES string of the molecule is O=C1C2C(C(=O)N1c1c(Cl)cccc1Cl)N1C(c3ccc([N+](=O)[O-])cc3)C3C(=O)N(c4c(Cl)cccc4Cl)C(=O)C3N1C2c1ccc([N+](=O)[O-])cc1. The zero-order valence-electron chi connectivity index (χ0n) is 26.0. The van der Waals surface area contributed by atoms with Crippen molar-refractivity contribution in [3.8, 4) is 0 Å². The number of anilines is 2. The summed E-state index contributed by atoms with van der Waals surface area (Å²) in [6.07, 6.45) is 0. The van der Waals surface area contributed by atoms with Crippen LogP contribution in [0, 0.1) is 32.1 Å². The third-order valence-corrected chi connectivity index (χ3v) is 11.2. The number of imide groups is 2. The lowest BCUT2D eigenvalue weighted by Gasteiger charge is -2.36. The van der Waals surface area contributed by atoms with Gasteiger partial charge in [0.2, 0.25) is 11.8 Å². The molecule has 4 aliphatic rings. The smallest absolute Gasteiger partial charge is 0.269 e. The maximum absolute atomic E-state index is 14.7. The van der Waals surface area contributed by atoms with Gasteiger partial charge in [-0.05, 0) is 35.4 Å². The number of para-hydroxylation sites is 2. The number of hydrogen-bond acceptors (Lipinski definition) is 10. The van der Waals surface area contributed by atoms with Crippen LogP contribution in [0.25, 0.3) is 0 Å². The predicted molar refractivity (Wildman–Crippen MR) is 188 cm³/mol. The fourth-order valence-electron chi connectivity index (χ4n) is 7.93. The Labute approximate surface area is 312 Å². The first-order valence-corrected chi connectivity index (χ1v) is 17.0. The van der Waals surface area contributed by atoms with Crippen LogP contribution in [0.1, 0.15) is 23.2 Å². The molecule has 18 heteroatoms. The van der Waals surface area contributed by atoms with Gasteiger partial charge in [0.25, 0.3) is 23.2 Å². The van der Waals surface area contributed by atoms with Gasteiger partial charge in [0.15, 0.2) is 0 Å². The molecule has 4 heterocycles. The van der Waals surface area contributed by atoms with E-state index in [1.807, 2.05) is 0 Å². The fourth-order valence-corrected chi connectivity index (χ4v) is 9.06. The summed E-state index contributed by atoms with van der Waals surface area (Å²) >= 11 is 26.0. The second kappa shape index (κ2) is 12.3. The quantitative estimate of drug-likeness (QED) is 0.119. The van der Waals surface area contributed by atoms with Crippen molar-refractivity contribution < 1.29 is 29.0 Å². The molecule has 0 radical (unpaired) electrons. The number of amides is 4. The summed E-state index contributed by atoms with van der Waals surface area (Å²) in [6.45, 7) is 0. The minimum atomic E-state index is -1.34. The molecule has 0 N–H and O–H groups in total. The van der Waals surface area contributed by atoms with Gasteiger partial charge in [-0.15, -0.1) is 0 Å². The summed E-state index contributed by atoms with van der Waals surface area (Å²) in [6, 6.07) is 14.6. The predicted octanol–water partition coefficient (Wildman–Crippen LogP) is 6.56. The van der Waals surface area contributed by atoms with Gasteiger partial charge in [-0.3, -0.25) is 39.4 Å². The number of carbonyl (C=O) groups excluding carboxylic acids is 4. The summed E-state index contributed by atoms with van der Waals surface area (Å²) < 4.78 is 0. The highest BCUT2D eigenvalue weighted by Gasteiger charge is 2.74. The monoisotopic (exact) mass is 780 g/mol. The first-order valence-electron chi connectivity index (χ1n) is 15.5. The molecule has 0 spiro atoms. The van der Waals surface area contributed by atoms with Crippen LogP contribution in [0.3, 0.4) is 0 Å². The van der Waals surface area contributed by atoms with Crippen LogP contribution in [-0.2, 0) is 19.2 Å². The molecule has 4 aromatic rings. The van der Waals surface area contributed by atoms with E-state index in [2.05, 4.69) is 0 Å². The topological polar surface area (TPSA) is 168 Å². The van der Waals surface area contributed by atoms with Crippen molar-refractivity contribution in [2.75, 3.05) is 9.80 Å². The molecule has 4 amide bonds. The van der Waals surface area contributed by atoms with E-state index in [1.54, 1.807) is 12.1 Å². The van der Waals surface area contributed by atoms with E-state index in [0.29, 0.717) is 11.1 Å². The fraction of sp³-hybridized carbons (Fsp3) is 0.176. The summed E-state index contributed by atoms with van der Waals surface area (Å²) in [4.78, 5) is 82.3. The molecule has 4 aromatic carbocycles. The number of nitro groups is 2. The van der Waals surface area contributed by atoms with Crippen molar-refractivity contribution in [2.24, 2.45) is 11.8 Å². The second-order valence-corrected chi connectivity index (χ2v) is 14.1. The third kappa shape index (κ3) is 4.79. The number of hydrazine groups is 1. The van der Waals surface area contributed by atoms with Crippen molar-refractivity contribution in [2.45, 2.75) is 24.2 Å². The molecule has 0 aromatic heterocycles. The Kier molecular flexibility index (Phi) is 8.09. The first-order chi connectivity index (χ1) is 24.8. The molecule has 4 fully saturated rings. The maximum atomic E-state index is 14.7. The summed E-state index contributed by atoms with van der Waals surface area (Å²) in [7, 11) is 0. The van der Waals surface area contributed by atoms with E-state index in [9.17, 15) is 39.4 Å². The Bertz CT molecular complexity index is 2080. The van der Waals surface area contributed by atoms with Gasteiger partial charge in [-0.2, -0.15) is 0 Å². The van der Waals surface area contributed by atoms with Crippen LogP contribution in [0.5, 0.6) is 0 Å². The molecule has 6 atom stereocenters. The van der Waals surface area contributed by atoms with Gasteiger partial charge in [0.05, 0.1) is 65.2 Å². The molecular weight excluding hydrogens is 762 g/mol. The molecular formula is C34H20Cl4N6O8. The molecule has 262 valence electrons. The van der Waals surface area contributed by atoms with E-state index in [4.69, 9.17) is 46.4 Å². The zero-order chi connectivity index (χ0) is 36.9. The van der Waals surface area contributed by atoms with Gasteiger partial charge >= 0.3 is 0 Å². The van der Waals surface area contributed by atoms with E-state index in [0.717, 1.165) is 9.80 Å². The largest absolute Gasteiger partial charge is 0.274 e. The maximum Gasteiger partial charge on any atom is 0.269 e. The summed E-state index contributed by atoms with van der Waals surface area (Å²) in [5.74, 6) is -5.43. The van der Waals surface area contributed by atoms with Crippen LogP contribution in [0.15, 0.2) is 84.9 Å². The van der Waals surface area contributed by atoms with Gasteiger partial charge in [-0.25, -0.2) is 19.8 Å². The number of carbonyl (C=O) groups is 4. The van der Waals surface area contributed by atoms with Crippen molar-refractivity contribution in [1.29, 1.82) is 0 Å². The van der Waals surface area contributed by atoms with E-state index in [1.165, 1.54) is 82.8 Å². The Morgan fingerprint density at radius 2 is 0.769 bits per heavy atom. The number of hydrogen-bond donors (Lipinski definition) is 0. The Morgan fingerprint density at radius 1 is 0.462 bits per heavy atom. The lowest BCUT2D eigenvalue weighted by Crippen LogP contribution is -2.50. The highest BCUT2D eigenvalue weighted by molar-refractivity contribution is 6.43. The number of benzene rings is 4. The molecule has 52 heavy (non-hydrogen) atoms. The molecule has 8 rings (SSSR count). The lowest BCUT2D eigenvalue weighted by atomic mass is 9.84. The molecule has 0 bridgehead atoms. The van der Waals surface area contributed by atoms with Gasteiger partial charge in [-0.1, -0.05) is 82.8 Å². The average molecular weight is 782 g/mol. The highest BCUT2D eigenvalue weighted by atomic mass is 35.5. The van der Waals surface area contributed by atoms with Gasteiger partial charge in [0.1, 0.15) is 12.1 Å². The minimum absolute atomic E-state index is 0.0146. The van der Waals surface area contributed by atoms with Crippen molar-refractivity contribution in [1.82, 2.24) is 10.0 Å². The van der Waals surface area contributed by atoms with Crippen LogP contribution < -0.4 is 9.80 Å². The highest BCUT2D eigenvalue weighted by Crippen LogP contribution is 2.60. The number of nitrogens with zero attached hydrogens (tertiary/aromatic N) is 6. The lowest BCUT2D eigenvalue weighted by molar-refractivity contribution is -0.385. The molecule has 14 nitrogen and oxygen atoms in total. The van der Waals surface area contributed by atoms with Gasteiger partial charge < -0.3 is 0 Å². The number of fused-ring (bicyclic) bond motifs is 5. The Hall–Kier alpha value is -4.96. The molecule has 0 saturated carbocycles. The average Bonchev–Trinajstić information content (AvgIpc) is 3.77. The molecule has 6 unspecified atom stereocenters. The Morgan fingerprint density at radius 3 is 1.06 bits per heavy atom. The van der Waals surface area contributed by atoms with Gasteiger partial charge in [0, 0.05) is 24.3 Å². The molecule has 4 aliphatic heterocycles. The Balaban J connectivity index is 1.36. The van der Waals surface area contributed by atoms with Crippen LogP contribution in [-0.4, -0.2) is 55.6 Å².